The molecule has 2 atom stereocenters. The van der Waals surface area contributed by atoms with Crippen LogP contribution in [0.4, 0.5) is 5.82 Å². The number of rotatable bonds is 17. The summed E-state index contributed by atoms with van der Waals surface area (Å²) in [5, 5.41) is 0. The Labute approximate surface area is 221 Å². The van der Waals surface area contributed by atoms with Crippen LogP contribution in [-0.2, 0) is 44.0 Å². The van der Waals surface area contributed by atoms with E-state index in [-0.39, 0.29) is 30.8 Å². The summed E-state index contributed by atoms with van der Waals surface area (Å²) in [6, 6.07) is -1.72. The molecule has 6 N–H and O–H groups in total. The highest BCUT2D eigenvalue weighted by Gasteiger charge is 2.28. The zero-order chi connectivity index (χ0) is 28.3. The first-order valence-corrected chi connectivity index (χ1v) is 13.9. The molecule has 0 unspecified atom stereocenters. The maximum absolute atomic E-state index is 13.2. The van der Waals surface area contributed by atoms with Gasteiger partial charge >= 0.3 is 19.5 Å². The van der Waals surface area contributed by atoms with Crippen molar-refractivity contribution < 1.29 is 37.4 Å². The minimum Gasteiger partial charge on any atom is -0.437 e. The molecule has 0 radical (unpaired) electrons. The molecule has 0 amide bonds. The van der Waals surface area contributed by atoms with Gasteiger partial charge in [-0.15, -0.1) is 0 Å². The molecule has 0 aliphatic heterocycles. The Kier molecular flexibility index (Phi) is 12.5. The normalized spacial score (nSPS) is 13.7. The van der Waals surface area contributed by atoms with Gasteiger partial charge in [-0.05, 0) is 24.7 Å². The summed E-state index contributed by atoms with van der Waals surface area (Å²) in [7, 11) is -4.04. The fourth-order valence-electron chi connectivity index (χ4n) is 3.27. The molecule has 2 aromatic heterocycles. The van der Waals surface area contributed by atoms with E-state index in [1.54, 1.807) is 4.57 Å². The predicted molar refractivity (Wildman–Crippen MR) is 137 cm³/mol. The van der Waals surface area contributed by atoms with Gasteiger partial charge in [0.25, 0.3) is 0 Å². The molecule has 0 aliphatic carbocycles. The Morgan fingerprint density at radius 1 is 0.947 bits per heavy atom. The van der Waals surface area contributed by atoms with Crippen LogP contribution in [0.1, 0.15) is 40.5 Å². The first-order valence-electron chi connectivity index (χ1n) is 12.1. The van der Waals surface area contributed by atoms with E-state index in [0.717, 1.165) is 0 Å². The van der Waals surface area contributed by atoms with Crippen molar-refractivity contribution in [1.29, 1.82) is 0 Å². The maximum atomic E-state index is 13.2. The minimum atomic E-state index is -4.04. The van der Waals surface area contributed by atoms with Crippen LogP contribution >= 0.6 is 7.60 Å². The number of nitrogens with two attached hydrogens (primary N) is 3. The summed E-state index contributed by atoms with van der Waals surface area (Å²) in [6.45, 7) is 6.58. The van der Waals surface area contributed by atoms with E-state index < -0.39 is 51.6 Å². The van der Waals surface area contributed by atoms with Crippen molar-refractivity contribution in [3.05, 3.63) is 12.7 Å². The smallest absolute Gasteiger partial charge is 0.361 e. The van der Waals surface area contributed by atoms with Gasteiger partial charge in [-0.25, -0.2) is 15.0 Å². The Balaban J connectivity index is 1.92. The van der Waals surface area contributed by atoms with Gasteiger partial charge in [-0.3, -0.25) is 23.2 Å². The SMILES string of the molecule is CC(C)C[C@H](N)C(=O)OCOP(=O)(COCCn1cnc2c(N)ncnc21)OCOC(=O)[C@@H](N)CC(C)C. The Morgan fingerprint density at radius 2 is 1.50 bits per heavy atom. The van der Waals surface area contributed by atoms with Crippen molar-refractivity contribution in [1.82, 2.24) is 19.5 Å². The first-order chi connectivity index (χ1) is 17.9. The lowest BCUT2D eigenvalue weighted by atomic mass is 10.1. The lowest BCUT2D eigenvalue weighted by Gasteiger charge is -2.20. The average Bonchev–Trinajstić information content (AvgIpc) is 3.25. The summed E-state index contributed by atoms with van der Waals surface area (Å²) >= 11 is 0. The molecule has 0 aromatic carbocycles. The number of aromatic nitrogens is 4. The third-order valence-electron chi connectivity index (χ3n) is 5.11. The van der Waals surface area contributed by atoms with Gasteiger partial charge in [-0.2, -0.15) is 0 Å². The second-order valence-corrected chi connectivity index (χ2v) is 11.4. The Hall–Kier alpha value is -2.68. The van der Waals surface area contributed by atoms with Crippen LogP contribution in [0.25, 0.3) is 11.2 Å². The monoisotopic (exact) mass is 559 g/mol. The van der Waals surface area contributed by atoms with Gasteiger partial charge in [0, 0.05) is 6.54 Å². The van der Waals surface area contributed by atoms with E-state index >= 15 is 0 Å². The van der Waals surface area contributed by atoms with Crippen molar-refractivity contribution in [3.8, 4) is 0 Å². The van der Waals surface area contributed by atoms with E-state index in [4.69, 9.17) is 40.5 Å². The second-order valence-electron chi connectivity index (χ2n) is 9.41. The molecule has 0 saturated carbocycles. The van der Waals surface area contributed by atoms with Crippen molar-refractivity contribution in [2.75, 3.05) is 32.3 Å². The number of carbonyl (C=O) groups is 2. The zero-order valence-electron chi connectivity index (χ0n) is 22.1. The van der Waals surface area contributed by atoms with Gasteiger partial charge < -0.3 is 36.0 Å². The second kappa shape index (κ2) is 15.0. The lowest BCUT2D eigenvalue weighted by molar-refractivity contribution is -0.154. The summed E-state index contributed by atoms with van der Waals surface area (Å²) in [5.41, 5.74) is 18.3. The van der Waals surface area contributed by atoms with Crippen LogP contribution in [0, 0.1) is 11.8 Å². The average molecular weight is 560 g/mol. The Bertz CT molecular complexity index is 1060. The highest BCUT2D eigenvalue weighted by molar-refractivity contribution is 7.53. The number of esters is 2. The largest absolute Gasteiger partial charge is 0.437 e. The molecule has 0 aliphatic rings. The number of nitrogens with zero attached hydrogens (tertiary/aromatic N) is 4. The zero-order valence-corrected chi connectivity index (χ0v) is 23.0. The molecule has 0 bridgehead atoms. The summed E-state index contributed by atoms with van der Waals surface area (Å²) < 4.78 is 40.8. The molecular weight excluding hydrogens is 521 g/mol. The molecule has 38 heavy (non-hydrogen) atoms. The predicted octanol–water partition coefficient (Wildman–Crippen LogP) is 1.36. The van der Waals surface area contributed by atoms with Gasteiger partial charge in [0.2, 0.25) is 13.6 Å². The molecule has 16 heteroatoms. The van der Waals surface area contributed by atoms with Crippen LogP contribution in [0.3, 0.4) is 0 Å². The van der Waals surface area contributed by atoms with Crippen molar-refractivity contribution >= 4 is 36.5 Å². The lowest BCUT2D eigenvalue weighted by Crippen LogP contribution is -2.34. The highest BCUT2D eigenvalue weighted by atomic mass is 31.2. The van der Waals surface area contributed by atoms with Crippen LogP contribution in [-0.4, -0.2) is 70.1 Å². The number of ether oxygens (including phenoxy) is 3. The van der Waals surface area contributed by atoms with Gasteiger partial charge in [-0.1, -0.05) is 27.7 Å². The molecule has 0 saturated heterocycles. The van der Waals surface area contributed by atoms with Gasteiger partial charge in [0.1, 0.15) is 30.3 Å². The van der Waals surface area contributed by atoms with Gasteiger partial charge in [0.05, 0.1) is 12.9 Å². The number of hydrogen-bond acceptors (Lipinski definition) is 14. The molecule has 2 heterocycles. The number of imidazole rings is 1. The van der Waals surface area contributed by atoms with Crippen molar-refractivity contribution in [3.63, 3.8) is 0 Å². The number of fused-ring (bicyclic) bond motifs is 1. The number of carbonyl (C=O) groups excluding carboxylic acids is 2. The van der Waals surface area contributed by atoms with Crippen LogP contribution in [0.2, 0.25) is 0 Å². The molecule has 214 valence electrons. The number of nitrogen functional groups attached to an aromatic ring is 1. The van der Waals surface area contributed by atoms with E-state index in [1.807, 2.05) is 27.7 Å². The quantitative estimate of drug-likeness (QED) is 0.108. The van der Waals surface area contributed by atoms with Crippen LogP contribution in [0.5, 0.6) is 0 Å². The Morgan fingerprint density at radius 3 is 2.03 bits per heavy atom. The number of hydrogen-bond donors (Lipinski definition) is 3. The molecule has 15 nitrogen and oxygen atoms in total. The molecular formula is C22H38N7O8P. The molecule has 0 spiro atoms. The maximum Gasteiger partial charge on any atom is 0.361 e. The van der Waals surface area contributed by atoms with E-state index in [2.05, 4.69) is 15.0 Å². The van der Waals surface area contributed by atoms with Crippen molar-refractivity contribution in [2.45, 2.75) is 59.2 Å². The summed E-state index contributed by atoms with van der Waals surface area (Å²) in [4.78, 5) is 36.3. The van der Waals surface area contributed by atoms with Crippen LogP contribution in [0.15, 0.2) is 12.7 Å². The third-order valence-corrected chi connectivity index (χ3v) is 6.61. The van der Waals surface area contributed by atoms with E-state index in [1.165, 1.54) is 12.7 Å². The van der Waals surface area contributed by atoms with Gasteiger partial charge in [0.15, 0.2) is 11.5 Å². The van der Waals surface area contributed by atoms with Crippen molar-refractivity contribution in [2.24, 2.45) is 23.3 Å². The molecule has 2 rings (SSSR count). The molecule has 0 fully saturated rings. The summed E-state index contributed by atoms with van der Waals surface area (Å²) in [6.07, 6.45) is 3.12. The highest BCUT2D eigenvalue weighted by Crippen LogP contribution is 2.48. The fourth-order valence-corrected chi connectivity index (χ4v) is 4.27. The number of anilines is 1. The standard InChI is InChI=1S/C22H38N7O8P/c1-14(2)7-16(23)21(30)34-11-36-38(32,37-12-35-22(31)17(24)8-15(3)4)13-33-6-5-29-10-28-18-19(25)26-9-27-20(18)29/h9-10,14-17H,5-8,11-13,23-24H2,1-4H3,(H2,25,26,27)/t16-,17-/m0/s1. The fraction of sp³-hybridized carbons (Fsp3) is 0.682. The topological polar surface area (TPSA) is 219 Å². The summed E-state index contributed by atoms with van der Waals surface area (Å²) in [5.74, 6) is -0.843. The third kappa shape index (κ3) is 10.2. The van der Waals surface area contributed by atoms with E-state index in [9.17, 15) is 14.2 Å². The van der Waals surface area contributed by atoms with Crippen LogP contribution < -0.4 is 17.2 Å². The minimum absolute atomic E-state index is 0.0597. The first kappa shape index (κ1) is 31.5. The molecule has 2 aromatic rings. The van der Waals surface area contributed by atoms with E-state index in [0.29, 0.717) is 24.0 Å².